The predicted molar refractivity (Wildman–Crippen MR) is 59.7 cm³/mol. The van der Waals surface area contributed by atoms with Crippen LogP contribution in [0.4, 0.5) is 13.2 Å². The maximum atomic E-state index is 12.9. The van der Waals surface area contributed by atoms with E-state index in [0.717, 1.165) is 10.7 Å². The molecule has 9 heteroatoms. The van der Waals surface area contributed by atoms with Gasteiger partial charge in [0, 0.05) is 4.47 Å². The van der Waals surface area contributed by atoms with Crippen LogP contribution in [0, 0.1) is 0 Å². The maximum absolute atomic E-state index is 12.9. The van der Waals surface area contributed by atoms with Crippen LogP contribution in [-0.2, 0) is 12.7 Å². The van der Waals surface area contributed by atoms with Crippen molar-refractivity contribution in [2.75, 3.05) is 0 Å². The van der Waals surface area contributed by atoms with Crippen molar-refractivity contribution in [1.29, 1.82) is 0 Å². The molecule has 5 nitrogen and oxygen atoms in total. The average Bonchev–Trinajstić information content (AvgIpc) is 2.75. The number of halogens is 4. The molecule has 0 saturated carbocycles. The summed E-state index contributed by atoms with van der Waals surface area (Å²) in [6.07, 6.45) is -4.50. The van der Waals surface area contributed by atoms with Gasteiger partial charge in [0.1, 0.15) is 0 Å². The zero-order chi connectivity index (χ0) is 13.3. The van der Waals surface area contributed by atoms with E-state index in [1.54, 1.807) is 0 Å². The van der Waals surface area contributed by atoms with E-state index in [0.29, 0.717) is 4.47 Å². The molecule has 1 heterocycles. The molecule has 0 amide bonds. The van der Waals surface area contributed by atoms with Crippen molar-refractivity contribution in [2.45, 2.75) is 12.7 Å². The predicted octanol–water partition coefficient (Wildman–Crippen LogP) is 1.90. The number of hydrogen-bond acceptors (Lipinski definition) is 4. The van der Waals surface area contributed by atoms with Gasteiger partial charge in [-0.2, -0.15) is 17.9 Å². The third-order valence-electron chi connectivity index (χ3n) is 2.21. The molecular formula is C9H7BrF3N5. The fraction of sp³-hybridized carbons (Fsp3) is 0.222. The van der Waals surface area contributed by atoms with E-state index in [1.807, 2.05) is 0 Å². The largest absolute Gasteiger partial charge is 0.418 e. The molecule has 0 fully saturated rings. The Hall–Kier alpha value is -1.48. The van der Waals surface area contributed by atoms with Crippen molar-refractivity contribution in [3.05, 3.63) is 34.1 Å². The van der Waals surface area contributed by atoms with Crippen molar-refractivity contribution < 1.29 is 13.2 Å². The van der Waals surface area contributed by atoms with Crippen molar-refractivity contribution >= 4 is 15.9 Å². The lowest BCUT2D eigenvalue weighted by atomic mass is 10.1. The summed E-state index contributed by atoms with van der Waals surface area (Å²) in [4.78, 5) is 0. The Balaban J connectivity index is 2.65. The van der Waals surface area contributed by atoms with Crippen LogP contribution >= 0.6 is 15.9 Å². The van der Waals surface area contributed by atoms with Crippen LogP contribution in [-0.4, -0.2) is 20.2 Å². The van der Waals surface area contributed by atoms with Crippen LogP contribution < -0.4 is 5.73 Å². The lowest BCUT2D eigenvalue weighted by Gasteiger charge is -2.13. The number of nitrogens with two attached hydrogens (primary N) is 1. The highest BCUT2D eigenvalue weighted by molar-refractivity contribution is 9.10. The fourth-order valence-electron chi connectivity index (χ4n) is 1.44. The van der Waals surface area contributed by atoms with Crippen LogP contribution in [0.25, 0.3) is 5.69 Å². The van der Waals surface area contributed by atoms with Crippen molar-refractivity contribution in [1.82, 2.24) is 20.2 Å². The van der Waals surface area contributed by atoms with Crippen molar-refractivity contribution in [3.8, 4) is 5.69 Å². The Kier molecular flexibility index (Phi) is 3.35. The third-order valence-corrected chi connectivity index (χ3v) is 2.70. The molecule has 1 aromatic heterocycles. The van der Waals surface area contributed by atoms with E-state index < -0.39 is 11.7 Å². The first-order chi connectivity index (χ1) is 8.43. The first-order valence-corrected chi connectivity index (χ1v) is 5.57. The average molecular weight is 322 g/mol. The molecule has 0 aliphatic heterocycles. The van der Waals surface area contributed by atoms with Crippen molar-refractivity contribution in [3.63, 3.8) is 0 Å². The highest BCUT2D eigenvalue weighted by atomic mass is 79.9. The number of aromatic nitrogens is 4. The maximum Gasteiger partial charge on any atom is 0.418 e. The molecular weight excluding hydrogens is 315 g/mol. The minimum absolute atomic E-state index is 0.0552. The second kappa shape index (κ2) is 4.65. The lowest BCUT2D eigenvalue weighted by Crippen LogP contribution is -2.15. The highest BCUT2D eigenvalue weighted by Gasteiger charge is 2.35. The van der Waals surface area contributed by atoms with Gasteiger partial charge in [-0.3, -0.25) is 0 Å². The van der Waals surface area contributed by atoms with Crippen LogP contribution in [0.1, 0.15) is 11.4 Å². The summed E-state index contributed by atoms with van der Waals surface area (Å²) >= 11 is 3.00. The Morgan fingerprint density at radius 3 is 2.67 bits per heavy atom. The molecule has 18 heavy (non-hydrogen) atoms. The molecule has 0 saturated heterocycles. The van der Waals surface area contributed by atoms with E-state index in [-0.39, 0.29) is 18.1 Å². The molecule has 0 aliphatic carbocycles. The van der Waals surface area contributed by atoms with Crippen LogP contribution in [0.15, 0.2) is 22.7 Å². The lowest BCUT2D eigenvalue weighted by molar-refractivity contribution is -0.137. The molecule has 0 aliphatic rings. The SMILES string of the molecule is NCc1nnnn1-c1ccc(Br)cc1C(F)(F)F. The smallest absolute Gasteiger partial charge is 0.324 e. The molecule has 2 aromatic rings. The Labute approximate surface area is 108 Å². The standard InChI is InChI=1S/C9H7BrF3N5/c10-5-1-2-7(6(3-5)9(11,12)13)18-8(4-14)15-16-17-18/h1-3H,4,14H2. The highest BCUT2D eigenvalue weighted by Crippen LogP contribution is 2.35. The van der Waals surface area contributed by atoms with Gasteiger partial charge in [-0.25, -0.2) is 0 Å². The molecule has 96 valence electrons. The second-order valence-corrected chi connectivity index (χ2v) is 4.29. The Bertz CT molecular complexity index is 566. The van der Waals surface area contributed by atoms with E-state index in [2.05, 4.69) is 31.5 Å². The Morgan fingerprint density at radius 2 is 2.06 bits per heavy atom. The summed E-state index contributed by atoms with van der Waals surface area (Å²) in [5.41, 5.74) is 4.38. The van der Waals surface area contributed by atoms with Gasteiger partial charge in [0.25, 0.3) is 0 Å². The quantitative estimate of drug-likeness (QED) is 0.917. The van der Waals surface area contributed by atoms with Crippen LogP contribution in [0.3, 0.4) is 0 Å². The normalized spacial score (nSPS) is 11.8. The summed E-state index contributed by atoms with van der Waals surface area (Å²) in [5.74, 6) is 0.155. The van der Waals surface area contributed by atoms with E-state index in [1.165, 1.54) is 12.1 Å². The van der Waals surface area contributed by atoms with Gasteiger partial charge in [0.15, 0.2) is 5.82 Å². The number of benzene rings is 1. The van der Waals surface area contributed by atoms with E-state index in [4.69, 9.17) is 5.73 Å². The fourth-order valence-corrected chi connectivity index (χ4v) is 1.80. The number of alkyl halides is 3. The number of tetrazole rings is 1. The zero-order valence-corrected chi connectivity index (χ0v) is 10.4. The molecule has 2 N–H and O–H groups in total. The van der Waals surface area contributed by atoms with Gasteiger partial charge in [-0.15, -0.1) is 5.10 Å². The van der Waals surface area contributed by atoms with Crippen molar-refractivity contribution in [2.24, 2.45) is 5.73 Å². The molecule has 2 rings (SSSR count). The monoisotopic (exact) mass is 321 g/mol. The Morgan fingerprint density at radius 1 is 1.33 bits per heavy atom. The third kappa shape index (κ3) is 2.36. The molecule has 1 aromatic carbocycles. The summed E-state index contributed by atoms with van der Waals surface area (Å²) in [7, 11) is 0. The summed E-state index contributed by atoms with van der Waals surface area (Å²) in [6.45, 7) is -0.0552. The summed E-state index contributed by atoms with van der Waals surface area (Å²) in [6, 6.07) is 3.73. The first kappa shape index (κ1) is 13.0. The number of nitrogens with zero attached hydrogens (tertiary/aromatic N) is 4. The molecule has 0 atom stereocenters. The number of rotatable bonds is 2. The number of hydrogen-bond donors (Lipinski definition) is 1. The van der Waals surface area contributed by atoms with Gasteiger partial charge in [0.2, 0.25) is 0 Å². The summed E-state index contributed by atoms with van der Waals surface area (Å²) < 4.78 is 40.1. The molecule has 0 radical (unpaired) electrons. The van der Waals surface area contributed by atoms with Gasteiger partial charge in [-0.1, -0.05) is 15.9 Å². The first-order valence-electron chi connectivity index (χ1n) is 4.78. The van der Waals surface area contributed by atoms with Gasteiger partial charge < -0.3 is 5.73 Å². The van der Waals surface area contributed by atoms with E-state index in [9.17, 15) is 13.2 Å². The topological polar surface area (TPSA) is 69.6 Å². The molecule has 0 spiro atoms. The summed E-state index contributed by atoms with van der Waals surface area (Å²) in [5, 5.41) is 10.4. The van der Waals surface area contributed by atoms with Gasteiger partial charge in [-0.05, 0) is 28.6 Å². The molecule has 0 unspecified atom stereocenters. The minimum Gasteiger partial charge on any atom is -0.324 e. The van der Waals surface area contributed by atoms with Crippen LogP contribution in [0.5, 0.6) is 0 Å². The second-order valence-electron chi connectivity index (χ2n) is 3.37. The zero-order valence-electron chi connectivity index (χ0n) is 8.82. The minimum atomic E-state index is -4.50. The van der Waals surface area contributed by atoms with Gasteiger partial charge >= 0.3 is 6.18 Å². The molecule has 0 bridgehead atoms. The van der Waals surface area contributed by atoms with Crippen LogP contribution in [0.2, 0.25) is 0 Å². The van der Waals surface area contributed by atoms with Gasteiger partial charge in [0.05, 0.1) is 17.8 Å². The van der Waals surface area contributed by atoms with E-state index >= 15 is 0 Å².